The number of aromatic nitrogens is 2. The molecule has 5 rings (SSSR count). The largest absolute Gasteiger partial charge is 0.497 e. The van der Waals surface area contributed by atoms with Gasteiger partial charge >= 0.3 is 0 Å². The average molecular weight is 494 g/mol. The first-order valence-electron chi connectivity index (χ1n) is 12.5. The van der Waals surface area contributed by atoms with Crippen LogP contribution < -0.4 is 10.1 Å². The third kappa shape index (κ3) is 5.66. The van der Waals surface area contributed by atoms with Crippen LogP contribution >= 0.6 is 0 Å². The molecule has 0 aliphatic carbocycles. The van der Waals surface area contributed by atoms with Crippen molar-refractivity contribution in [3.05, 3.63) is 108 Å². The highest BCUT2D eigenvalue weighted by atomic mass is 16.5. The molecular formula is C31H31N3O3. The molecule has 1 unspecified atom stereocenters. The number of nitrogens with one attached hydrogen (secondary N) is 2. The van der Waals surface area contributed by atoms with Gasteiger partial charge in [-0.15, -0.1) is 0 Å². The van der Waals surface area contributed by atoms with Gasteiger partial charge in [-0.3, -0.25) is 4.79 Å². The molecule has 0 amide bonds. The Kier molecular flexibility index (Phi) is 7.49. The summed E-state index contributed by atoms with van der Waals surface area (Å²) in [6, 6.07) is 23.3. The first kappa shape index (κ1) is 24.6. The number of aliphatic hydroxyl groups excluding tert-OH is 1. The van der Waals surface area contributed by atoms with Gasteiger partial charge in [0.1, 0.15) is 5.75 Å². The number of ether oxygens (including phenoxy) is 1. The predicted molar refractivity (Wildman–Crippen MR) is 149 cm³/mol. The fourth-order valence-corrected chi connectivity index (χ4v) is 4.70. The topological polar surface area (TPSA) is 79.3 Å². The molecule has 3 aromatic carbocycles. The van der Waals surface area contributed by atoms with Gasteiger partial charge in [0.15, 0.2) is 5.78 Å². The Hall–Kier alpha value is -4.13. The summed E-state index contributed by atoms with van der Waals surface area (Å²) in [5.41, 5.74) is 4.95. The van der Waals surface area contributed by atoms with Crippen LogP contribution in [0.4, 0.5) is 0 Å². The Morgan fingerprint density at radius 2 is 1.89 bits per heavy atom. The molecule has 1 atom stereocenters. The number of benzene rings is 3. The van der Waals surface area contributed by atoms with E-state index < -0.39 is 6.10 Å². The van der Waals surface area contributed by atoms with Crippen LogP contribution in [-0.2, 0) is 13.0 Å². The number of hydrogen-bond acceptors (Lipinski definition) is 4. The van der Waals surface area contributed by atoms with Gasteiger partial charge in [0.2, 0.25) is 0 Å². The molecule has 0 saturated carbocycles. The number of para-hydroxylation sites is 1. The number of rotatable bonds is 11. The highest BCUT2D eigenvalue weighted by Gasteiger charge is 2.12. The van der Waals surface area contributed by atoms with Crippen LogP contribution in [0, 0.1) is 0 Å². The van der Waals surface area contributed by atoms with Gasteiger partial charge in [-0.1, -0.05) is 48.5 Å². The van der Waals surface area contributed by atoms with E-state index >= 15 is 0 Å². The molecule has 6 heteroatoms. The number of carbonyl (C=O) groups is 1. The summed E-state index contributed by atoms with van der Waals surface area (Å²) in [7, 11) is 1.67. The molecule has 0 spiro atoms. The van der Waals surface area contributed by atoms with Crippen molar-refractivity contribution < 1.29 is 14.6 Å². The molecule has 0 bridgehead atoms. The fourth-order valence-electron chi connectivity index (χ4n) is 4.70. The normalized spacial score (nSPS) is 12.5. The summed E-state index contributed by atoms with van der Waals surface area (Å²) in [6.45, 7) is 1.69. The number of H-pyrrole nitrogens is 1. The molecule has 0 saturated heterocycles. The van der Waals surface area contributed by atoms with Gasteiger partial charge < -0.3 is 24.7 Å². The third-order valence-corrected chi connectivity index (χ3v) is 6.63. The zero-order valence-corrected chi connectivity index (χ0v) is 20.9. The Morgan fingerprint density at radius 3 is 2.73 bits per heavy atom. The van der Waals surface area contributed by atoms with Gasteiger partial charge in [0, 0.05) is 58.4 Å². The standard InChI is InChI=1S/C31H31N3O3/c1-37-26-12-13-29-28(17-26)23(18-33-29)15-16-32-19-25(35)21-34-20-24(27-9-5-6-10-30(27)34)11-14-31(36)22-7-3-2-4-8-22/h2-14,17-18,20,25,32-33,35H,15-16,19,21H2,1H3. The van der Waals surface area contributed by atoms with Gasteiger partial charge in [0.05, 0.1) is 13.2 Å². The van der Waals surface area contributed by atoms with Crippen LogP contribution in [0.5, 0.6) is 5.75 Å². The second-order valence-electron chi connectivity index (χ2n) is 9.15. The number of methoxy groups -OCH3 is 1. The van der Waals surface area contributed by atoms with Crippen LogP contribution in [0.2, 0.25) is 0 Å². The van der Waals surface area contributed by atoms with E-state index in [-0.39, 0.29) is 5.78 Å². The van der Waals surface area contributed by atoms with Crippen molar-refractivity contribution in [1.29, 1.82) is 0 Å². The van der Waals surface area contributed by atoms with Crippen LogP contribution in [0.1, 0.15) is 21.5 Å². The maximum atomic E-state index is 12.5. The van der Waals surface area contributed by atoms with Crippen molar-refractivity contribution in [2.24, 2.45) is 0 Å². The number of hydrogen-bond donors (Lipinski definition) is 3. The average Bonchev–Trinajstić information content (AvgIpc) is 3.50. The molecule has 2 heterocycles. The molecule has 0 aliphatic heterocycles. The van der Waals surface area contributed by atoms with Crippen LogP contribution in [0.15, 0.2) is 91.3 Å². The Morgan fingerprint density at radius 1 is 1.08 bits per heavy atom. The van der Waals surface area contributed by atoms with Crippen molar-refractivity contribution in [1.82, 2.24) is 14.9 Å². The van der Waals surface area contributed by atoms with E-state index in [0.29, 0.717) is 18.7 Å². The smallest absolute Gasteiger partial charge is 0.185 e. The van der Waals surface area contributed by atoms with Crippen LogP contribution in [0.3, 0.4) is 0 Å². The van der Waals surface area contributed by atoms with Crippen molar-refractivity contribution in [2.45, 2.75) is 19.1 Å². The lowest BCUT2D eigenvalue weighted by molar-refractivity contribution is 0.104. The maximum Gasteiger partial charge on any atom is 0.185 e. The van der Waals surface area contributed by atoms with E-state index in [1.165, 1.54) is 5.56 Å². The minimum absolute atomic E-state index is 0.0321. The molecule has 0 radical (unpaired) electrons. The van der Waals surface area contributed by atoms with Gasteiger partial charge in [0.25, 0.3) is 0 Å². The lowest BCUT2D eigenvalue weighted by Gasteiger charge is -2.14. The SMILES string of the molecule is COc1ccc2[nH]cc(CCNCC(O)Cn3cc(C=CC(=O)c4ccccc4)c4ccccc43)c2c1. The molecule has 188 valence electrons. The Labute approximate surface area is 216 Å². The number of nitrogens with zero attached hydrogens (tertiary/aromatic N) is 1. The second-order valence-corrected chi connectivity index (χ2v) is 9.15. The highest BCUT2D eigenvalue weighted by molar-refractivity contribution is 6.07. The Bertz CT molecular complexity index is 1530. The molecule has 0 fully saturated rings. The highest BCUT2D eigenvalue weighted by Crippen LogP contribution is 2.24. The first-order chi connectivity index (χ1) is 18.1. The summed E-state index contributed by atoms with van der Waals surface area (Å²) in [6.07, 6.45) is 7.79. The number of allylic oxidation sites excluding steroid dienone is 1. The molecule has 6 nitrogen and oxygen atoms in total. The number of fused-ring (bicyclic) bond motifs is 2. The molecule has 5 aromatic rings. The van der Waals surface area contributed by atoms with Gasteiger partial charge in [-0.05, 0) is 54.9 Å². The lowest BCUT2D eigenvalue weighted by atomic mass is 10.1. The number of ketones is 1. The van der Waals surface area contributed by atoms with Gasteiger partial charge in [-0.25, -0.2) is 0 Å². The number of aromatic amines is 1. The van der Waals surface area contributed by atoms with E-state index in [1.54, 1.807) is 13.2 Å². The van der Waals surface area contributed by atoms with Gasteiger partial charge in [-0.2, -0.15) is 0 Å². The minimum atomic E-state index is -0.554. The van der Waals surface area contributed by atoms with Crippen molar-refractivity contribution in [3.63, 3.8) is 0 Å². The minimum Gasteiger partial charge on any atom is -0.497 e. The van der Waals surface area contributed by atoms with E-state index in [2.05, 4.69) is 14.9 Å². The van der Waals surface area contributed by atoms with E-state index in [9.17, 15) is 9.90 Å². The summed E-state index contributed by atoms with van der Waals surface area (Å²) in [4.78, 5) is 15.8. The molecular weight excluding hydrogens is 462 g/mol. The molecule has 37 heavy (non-hydrogen) atoms. The monoisotopic (exact) mass is 493 g/mol. The molecule has 3 N–H and O–H groups in total. The lowest BCUT2D eigenvalue weighted by Crippen LogP contribution is -2.31. The van der Waals surface area contributed by atoms with E-state index in [0.717, 1.165) is 46.1 Å². The fraction of sp³-hybridized carbons (Fsp3) is 0.194. The van der Waals surface area contributed by atoms with E-state index in [1.807, 2.05) is 91.3 Å². The zero-order valence-electron chi connectivity index (χ0n) is 20.9. The summed E-state index contributed by atoms with van der Waals surface area (Å²) < 4.78 is 7.41. The Balaban J connectivity index is 1.20. The number of aliphatic hydroxyl groups is 1. The molecule has 0 aliphatic rings. The second kappa shape index (κ2) is 11.3. The first-order valence-corrected chi connectivity index (χ1v) is 12.5. The summed E-state index contributed by atoms with van der Waals surface area (Å²) in [5, 5.41) is 16.3. The zero-order chi connectivity index (χ0) is 25.6. The van der Waals surface area contributed by atoms with Crippen molar-refractivity contribution in [3.8, 4) is 5.75 Å². The van der Waals surface area contributed by atoms with Crippen LogP contribution in [-0.4, -0.2) is 46.7 Å². The number of carbonyl (C=O) groups excluding carboxylic acids is 1. The van der Waals surface area contributed by atoms with Crippen molar-refractivity contribution >= 4 is 33.7 Å². The maximum absolute atomic E-state index is 12.5. The quantitative estimate of drug-likeness (QED) is 0.134. The van der Waals surface area contributed by atoms with E-state index in [4.69, 9.17) is 4.74 Å². The molecule has 2 aromatic heterocycles. The third-order valence-electron chi connectivity index (χ3n) is 6.63. The van der Waals surface area contributed by atoms with Crippen LogP contribution in [0.25, 0.3) is 27.9 Å². The predicted octanol–water partition coefficient (Wildman–Crippen LogP) is 5.22. The summed E-state index contributed by atoms with van der Waals surface area (Å²) in [5.74, 6) is 0.810. The summed E-state index contributed by atoms with van der Waals surface area (Å²) >= 11 is 0. The van der Waals surface area contributed by atoms with Crippen molar-refractivity contribution in [2.75, 3.05) is 20.2 Å².